The average Bonchev–Trinajstić information content (AvgIpc) is 1.99. The Morgan fingerprint density at radius 1 is 1.55 bits per heavy atom. The van der Waals surface area contributed by atoms with Gasteiger partial charge in [0.1, 0.15) is 0 Å². The van der Waals surface area contributed by atoms with Crippen molar-refractivity contribution in [3.63, 3.8) is 0 Å². The normalized spacial score (nSPS) is 12.7. The molecule has 0 heterocycles. The van der Waals surface area contributed by atoms with Crippen LogP contribution < -0.4 is 5.73 Å². The van der Waals surface area contributed by atoms with Gasteiger partial charge in [-0.2, -0.15) is 0 Å². The Bertz CT molecular complexity index is 123. The number of nitrogens with two attached hydrogens (primary N) is 1. The number of amides is 1. The van der Waals surface area contributed by atoms with E-state index in [9.17, 15) is 4.79 Å². The molecule has 0 aromatic carbocycles. The van der Waals surface area contributed by atoms with Crippen molar-refractivity contribution >= 4 is 5.91 Å². The maximum absolute atomic E-state index is 11.0. The van der Waals surface area contributed by atoms with Crippen LogP contribution in [0.3, 0.4) is 0 Å². The SMILES string of the molecule is CC(CN)CCC(=O)N(C)C. The lowest BCUT2D eigenvalue weighted by Gasteiger charge is -2.12. The van der Waals surface area contributed by atoms with E-state index in [1.54, 1.807) is 19.0 Å². The first-order valence-corrected chi connectivity index (χ1v) is 3.98. The van der Waals surface area contributed by atoms with Crippen molar-refractivity contribution in [3.05, 3.63) is 0 Å². The number of nitrogens with zero attached hydrogens (tertiary/aromatic N) is 1. The minimum Gasteiger partial charge on any atom is -0.349 e. The van der Waals surface area contributed by atoms with Crippen LogP contribution in [0.1, 0.15) is 19.8 Å². The zero-order chi connectivity index (χ0) is 8.85. The molecule has 2 N–H and O–H groups in total. The van der Waals surface area contributed by atoms with E-state index in [0.29, 0.717) is 18.9 Å². The van der Waals surface area contributed by atoms with Gasteiger partial charge in [-0.1, -0.05) is 6.92 Å². The topological polar surface area (TPSA) is 46.3 Å². The van der Waals surface area contributed by atoms with Crippen molar-refractivity contribution in [1.82, 2.24) is 4.90 Å². The molecule has 1 unspecified atom stereocenters. The maximum atomic E-state index is 11.0. The quantitative estimate of drug-likeness (QED) is 0.645. The van der Waals surface area contributed by atoms with Gasteiger partial charge in [0.15, 0.2) is 0 Å². The molecular formula is C8H18N2O. The molecule has 0 saturated carbocycles. The highest BCUT2D eigenvalue weighted by Crippen LogP contribution is 2.03. The first kappa shape index (κ1) is 10.4. The summed E-state index contributed by atoms with van der Waals surface area (Å²) >= 11 is 0. The number of rotatable bonds is 4. The summed E-state index contributed by atoms with van der Waals surface area (Å²) in [5.41, 5.74) is 5.41. The zero-order valence-electron chi connectivity index (χ0n) is 7.63. The summed E-state index contributed by atoms with van der Waals surface area (Å²) in [6.45, 7) is 2.73. The molecule has 1 amide bonds. The van der Waals surface area contributed by atoms with Crippen LogP contribution in [0.2, 0.25) is 0 Å². The highest BCUT2D eigenvalue weighted by atomic mass is 16.2. The summed E-state index contributed by atoms with van der Waals surface area (Å²) in [6.07, 6.45) is 1.51. The third-order valence-electron chi connectivity index (χ3n) is 1.75. The largest absolute Gasteiger partial charge is 0.349 e. The molecule has 0 aliphatic heterocycles. The second-order valence-corrected chi connectivity index (χ2v) is 3.17. The Kier molecular flexibility index (Phi) is 4.86. The molecule has 0 aliphatic rings. The smallest absolute Gasteiger partial charge is 0.222 e. The van der Waals surface area contributed by atoms with Crippen LogP contribution in [0, 0.1) is 5.92 Å². The Morgan fingerprint density at radius 2 is 2.09 bits per heavy atom. The molecule has 0 rings (SSSR count). The molecule has 3 nitrogen and oxygen atoms in total. The van der Waals surface area contributed by atoms with Crippen molar-refractivity contribution in [1.29, 1.82) is 0 Å². The van der Waals surface area contributed by atoms with E-state index in [0.717, 1.165) is 6.42 Å². The summed E-state index contributed by atoms with van der Waals surface area (Å²) in [5.74, 6) is 0.643. The highest BCUT2D eigenvalue weighted by molar-refractivity contribution is 5.75. The summed E-state index contributed by atoms with van der Waals surface area (Å²) in [4.78, 5) is 12.7. The van der Waals surface area contributed by atoms with Gasteiger partial charge in [-0.25, -0.2) is 0 Å². The molecular weight excluding hydrogens is 140 g/mol. The monoisotopic (exact) mass is 158 g/mol. The molecule has 0 radical (unpaired) electrons. The van der Waals surface area contributed by atoms with Gasteiger partial charge in [-0.3, -0.25) is 4.79 Å². The number of hydrogen-bond acceptors (Lipinski definition) is 2. The fourth-order valence-corrected chi connectivity index (χ4v) is 0.711. The zero-order valence-corrected chi connectivity index (χ0v) is 7.63. The fraction of sp³-hybridized carbons (Fsp3) is 0.875. The first-order chi connectivity index (χ1) is 5.07. The summed E-state index contributed by atoms with van der Waals surface area (Å²) in [6, 6.07) is 0. The predicted molar refractivity (Wildman–Crippen MR) is 46.1 cm³/mol. The van der Waals surface area contributed by atoms with Crippen molar-refractivity contribution < 1.29 is 4.79 Å². The molecule has 0 aromatic rings. The molecule has 0 fully saturated rings. The van der Waals surface area contributed by atoms with Gasteiger partial charge in [-0.15, -0.1) is 0 Å². The minimum atomic E-state index is 0.185. The van der Waals surface area contributed by atoms with E-state index in [1.807, 2.05) is 0 Å². The maximum Gasteiger partial charge on any atom is 0.222 e. The molecule has 0 bridgehead atoms. The lowest BCUT2D eigenvalue weighted by Crippen LogP contribution is -2.22. The molecule has 0 saturated heterocycles. The number of hydrogen-bond donors (Lipinski definition) is 1. The Hall–Kier alpha value is -0.570. The van der Waals surface area contributed by atoms with Crippen LogP contribution in [0.4, 0.5) is 0 Å². The third kappa shape index (κ3) is 4.79. The van der Waals surface area contributed by atoms with Gasteiger partial charge in [0, 0.05) is 20.5 Å². The van der Waals surface area contributed by atoms with Gasteiger partial charge >= 0.3 is 0 Å². The molecule has 0 aromatic heterocycles. The van der Waals surface area contributed by atoms with Crippen molar-refractivity contribution in [3.8, 4) is 0 Å². The lowest BCUT2D eigenvalue weighted by molar-refractivity contribution is -0.128. The predicted octanol–water partition coefficient (Wildman–Crippen LogP) is 0.450. The lowest BCUT2D eigenvalue weighted by atomic mass is 10.1. The summed E-state index contributed by atoms with van der Waals surface area (Å²) < 4.78 is 0. The van der Waals surface area contributed by atoms with E-state index in [-0.39, 0.29) is 5.91 Å². The average molecular weight is 158 g/mol. The molecule has 66 valence electrons. The molecule has 3 heteroatoms. The second kappa shape index (κ2) is 5.13. The fourth-order valence-electron chi connectivity index (χ4n) is 0.711. The van der Waals surface area contributed by atoms with Gasteiger partial charge in [0.2, 0.25) is 5.91 Å². The summed E-state index contributed by atoms with van der Waals surface area (Å²) in [5, 5.41) is 0. The van der Waals surface area contributed by atoms with Gasteiger partial charge in [-0.05, 0) is 18.9 Å². The van der Waals surface area contributed by atoms with Gasteiger partial charge in [0.25, 0.3) is 0 Å². The van der Waals surface area contributed by atoms with Crippen LogP contribution in [0.15, 0.2) is 0 Å². The van der Waals surface area contributed by atoms with Crippen LogP contribution >= 0.6 is 0 Å². The van der Waals surface area contributed by atoms with Crippen molar-refractivity contribution in [2.75, 3.05) is 20.6 Å². The van der Waals surface area contributed by atoms with Crippen LogP contribution in [0.5, 0.6) is 0 Å². The van der Waals surface area contributed by atoms with Crippen molar-refractivity contribution in [2.45, 2.75) is 19.8 Å². The standard InChI is InChI=1S/C8H18N2O/c1-7(6-9)4-5-8(11)10(2)3/h7H,4-6,9H2,1-3H3. The first-order valence-electron chi connectivity index (χ1n) is 3.98. The molecule has 11 heavy (non-hydrogen) atoms. The van der Waals surface area contributed by atoms with Crippen LogP contribution in [-0.2, 0) is 4.79 Å². The van der Waals surface area contributed by atoms with E-state index in [4.69, 9.17) is 5.73 Å². The molecule has 0 aliphatic carbocycles. The van der Waals surface area contributed by atoms with Crippen LogP contribution in [-0.4, -0.2) is 31.4 Å². The van der Waals surface area contributed by atoms with Gasteiger partial charge in [0.05, 0.1) is 0 Å². The highest BCUT2D eigenvalue weighted by Gasteiger charge is 2.06. The Morgan fingerprint density at radius 3 is 2.45 bits per heavy atom. The van der Waals surface area contributed by atoms with E-state index < -0.39 is 0 Å². The van der Waals surface area contributed by atoms with Crippen molar-refractivity contribution in [2.24, 2.45) is 11.7 Å². The molecule has 1 atom stereocenters. The van der Waals surface area contributed by atoms with Gasteiger partial charge < -0.3 is 10.6 Å². The Balaban J connectivity index is 3.46. The van der Waals surface area contributed by atoms with E-state index in [1.165, 1.54) is 0 Å². The van der Waals surface area contributed by atoms with Crippen LogP contribution in [0.25, 0.3) is 0 Å². The minimum absolute atomic E-state index is 0.185. The van der Waals surface area contributed by atoms with E-state index >= 15 is 0 Å². The number of carbonyl (C=O) groups is 1. The molecule has 0 spiro atoms. The van der Waals surface area contributed by atoms with E-state index in [2.05, 4.69) is 6.92 Å². The third-order valence-corrected chi connectivity index (χ3v) is 1.75. The Labute approximate surface area is 68.6 Å². The number of carbonyl (C=O) groups excluding carboxylic acids is 1. The second-order valence-electron chi connectivity index (χ2n) is 3.17. The summed E-state index contributed by atoms with van der Waals surface area (Å²) in [7, 11) is 3.55.